The van der Waals surface area contributed by atoms with E-state index in [0.717, 1.165) is 11.4 Å². The Morgan fingerprint density at radius 2 is 2.00 bits per heavy atom. The molecule has 0 fully saturated rings. The first-order valence-corrected chi connectivity index (χ1v) is 8.84. The molecule has 1 aromatic heterocycles. The first kappa shape index (κ1) is 17.1. The monoisotopic (exact) mass is 360 g/mol. The average molecular weight is 360 g/mol. The van der Waals surface area contributed by atoms with Crippen molar-refractivity contribution in [2.45, 2.75) is 32.6 Å². The Labute approximate surface area is 157 Å². The maximum atomic E-state index is 13.0. The van der Waals surface area contributed by atoms with E-state index in [2.05, 4.69) is 11.2 Å². The third kappa shape index (κ3) is 2.81. The minimum atomic E-state index is -0.579. The molecule has 6 heteroatoms. The lowest BCUT2D eigenvalue weighted by Crippen LogP contribution is -2.34. The molecule has 2 aromatic rings. The minimum Gasteiger partial charge on any atom is -0.444 e. The van der Waals surface area contributed by atoms with E-state index in [4.69, 9.17) is 10.5 Å². The van der Waals surface area contributed by atoms with Gasteiger partial charge < -0.3 is 10.5 Å². The van der Waals surface area contributed by atoms with Crippen molar-refractivity contribution in [3.63, 3.8) is 0 Å². The van der Waals surface area contributed by atoms with Crippen molar-refractivity contribution in [3.8, 4) is 11.8 Å². The number of ether oxygens (including phenoxy) is 1. The van der Waals surface area contributed by atoms with E-state index in [1.54, 1.807) is 10.9 Å². The first-order chi connectivity index (χ1) is 12.9. The van der Waals surface area contributed by atoms with E-state index in [0.29, 0.717) is 24.2 Å². The van der Waals surface area contributed by atoms with Crippen LogP contribution in [0.5, 0.6) is 0 Å². The van der Waals surface area contributed by atoms with Gasteiger partial charge in [-0.1, -0.05) is 32.0 Å². The van der Waals surface area contributed by atoms with E-state index in [9.17, 15) is 10.1 Å². The second-order valence-corrected chi connectivity index (χ2v) is 7.71. The molecule has 0 saturated carbocycles. The summed E-state index contributed by atoms with van der Waals surface area (Å²) >= 11 is 0. The Hall–Kier alpha value is -3.33. The predicted octanol–water partition coefficient (Wildman–Crippen LogP) is 3.32. The third-order valence-corrected chi connectivity index (χ3v) is 5.04. The largest absolute Gasteiger partial charge is 0.444 e. The number of nitrogens with two attached hydrogens (primary N) is 1. The molecule has 6 nitrogen and oxygen atoms in total. The van der Waals surface area contributed by atoms with Crippen molar-refractivity contribution in [1.82, 2.24) is 9.78 Å². The van der Waals surface area contributed by atoms with Crippen molar-refractivity contribution in [2.24, 2.45) is 11.1 Å². The highest BCUT2D eigenvalue weighted by Gasteiger charge is 2.44. The van der Waals surface area contributed by atoms with Gasteiger partial charge in [-0.3, -0.25) is 4.79 Å². The number of para-hydroxylation sites is 1. The molecule has 27 heavy (non-hydrogen) atoms. The highest BCUT2D eigenvalue weighted by molar-refractivity contribution is 6.00. The summed E-state index contributed by atoms with van der Waals surface area (Å²) in [5.41, 5.74) is 8.23. The molecule has 1 atom stereocenters. The van der Waals surface area contributed by atoms with Gasteiger partial charge in [0.05, 0.1) is 17.3 Å². The van der Waals surface area contributed by atoms with Gasteiger partial charge >= 0.3 is 0 Å². The zero-order valence-corrected chi connectivity index (χ0v) is 15.3. The van der Waals surface area contributed by atoms with Crippen LogP contribution in [-0.2, 0) is 9.53 Å². The van der Waals surface area contributed by atoms with Crippen molar-refractivity contribution >= 4 is 5.78 Å². The van der Waals surface area contributed by atoms with Crippen LogP contribution in [0.25, 0.3) is 5.69 Å². The summed E-state index contributed by atoms with van der Waals surface area (Å²) in [6.45, 7) is 4.06. The molecule has 0 unspecified atom stereocenters. The van der Waals surface area contributed by atoms with Crippen LogP contribution in [0.15, 0.2) is 65.4 Å². The topological polar surface area (TPSA) is 93.9 Å². The molecule has 0 saturated heterocycles. The van der Waals surface area contributed by atoms with Crippen LogP contribution in [0.3, 0.4) is 0 Å². The standard InChI is InChI=1S/C21H20N4O2/c1-21(2)10-16(26)19-17(11-21)27-20(23)14(12-22)18(19)15-8-9-24-25(15)13-6-4-3-5-7-13/h3-9,18H,10-11,23H2,1-2H3/t18-/m0/s1. The second-order valence-electron chi connectivity index (χ2n) is 7.71. The molecule has 2 heterocycles. The number of carbonyl (C=O) groups excluding carboxylic acids is 1. The quantitative estimate of drug-likeness (QED) is 0.886. The summed E-state index contributed by atoms with van der Waals surface area (Å²) in [5, 5.41) is 14.2. The van der Waals surface area contributed by atoms with Gasteiger partial charge in [0.25, 0.3) is 0 Å². The lowest BCUT2D eigenvalue weighted by molar-refractivity contribution is -0.119. The van der Waals surface area contributed by atoms with Gasteiger partial charge in [0.2, 0.25) is 5.88 Å². The Morgan fingerprint density at radius 3 is 2.70 bits per heavy atom. The number of Topliss-reactive ketones (excluding diaryl/α,β-unsaturated/α-hetero) is 1. The molecular weight excluding hydrogens is 340 g/mol. The molecular formula is C21H20N4O2. The van der Waals surface area contributed by atoms with Gasteiger partial charge in [0, 0.05) is 24.6 Å². The molecule has 0 radical (unpaired) electrons. The van der Waals surface area contributed by atoms with Crippen molar-refractivity contribution in [1.29, 1.82) is 5.26 Å². The van der Waals surface area contributed by atoms with E-state index in [1.807, 2.05) is 50.2 Å². The lowest BCUT2D eigenvalue weighted by Gasteiger charge is -2.37. The van der Waals surface area contributed by atoms with E-state index in [1.165, 1.54) is 0 Å². The number of benzene rings is 1. The van der Waals surface area contributed by atoms with Crippen molar-refractivity contribution < 1.29 is 9.53 Å². The highest BCUT2D eigenvalue weighted by atomic mass is 16.5. The van der Waals surface area contributed by atoms with Gasteiger partial charge in [0.15, 0.2) is 5.78 Å². The number of ketones is 1. The van der Waals surface area contributed by atoms with Crippen molar-refractivity contribution in [3.05, 3.63) is 71.1 Å². The second kappa shape index (κ2) is 6.13. The number of nitriles is 1. The summed E-state index contributed by atoms with van der Waals surface area (Å²) in [6, 6.07) is 13.6. The van der Waals surface area contributed by atoms with Gasteiger partial charge in [-0.25, -0.2) is 4.68 Å². The number of nitrogens with zero attached hydrogens (tertiary/aromatic N) is 3. The molecule has 1 aliphatic carbocycles. The number of allylic oxidation sites excluding steroid dienone is 3. The summed E-state index contributed by atoms with van der Waals surface area (Å²) in [7, 11) is 0. The fourth-order valence-electron chi connectivity index (χ4n) is 3.90. The third-order valence-electron chi connectivity index (χ3n) is 5.04. The van der Waals surface area contributed by atoms with Crippen LogP contribution in [0.1, 0.15) is 38.3 Å². The van der Waals surface area contributed by atoms with Gasteiger partial charge in [0.1, 0.15) is 17.4 Å². The zero-order chi connectivity index (χ0) is 19.2. The van der Waals surface area contributed by atoms with Crippen LogP contribution >= 0.6 is 0 Å². The number of hydrogen-bond donors (Lipinski definition) is 1. The first-order valence-electron chi connectivity index (χ1n) is 8.84. The average Bonchev–Trinajstić information content (AvgIpc) is 3.09. The van der Waals surface area contributed by atoms with E-state index < -0.39 is 5.92 Å². The smallest absolute Gasteiger partial charge is 0.205 e. The van der Waals surface area contributed by atoms with Crippen LogP contribution < -0.4 is 5.73 Å². The van der Waals surface area contributed by atoms with Crippen LogP contribution in [-0.4, -0.2) is 15.6 Å². The molecule has 0 bridgehead atoms. The molecule has 2 aliphatic rings. The molecule has 1 aromatic carbocycles. The summed E-state index contributed by atoms with van der Waals surface area (Å²) in [5.74, 6) is 0.0449. The Morgan fingerprint density at radius 1 is 1.26 bits per heavy atom. The summed E-state index contributed by atoms with van der Waals surface area (Å²) < 4.78 is 7.49. The fraction of sp³-hybridized carbons (Fsp3) is 0.286. The summed E-state index contributed by atoms with van der Waals surface area (Å²) in [6.07, 6.45) is 2.67. The molecule has 4 rings (SSSR count). The molecule has 2 N–H and O–H groups in total. The minimum absolute atomic E-state index is 0.00712. The van der Waals surface area contributed by atoms with Crippen LogP contribution in [0, 0.1) is 16.7 Å². The zero-order valence-electron chi connectivity index (χ0n) is 15.3. The number of aromatic nitrogens is 2. The van der Waals surface area contributed by atoms with Crippen LogP contribution in [0.4, 0.5) is 0 Å². The molecule has 1 aliphatic heterocycles. The Bertz CT molecular complexity index is 1020. The Kier molecular flexibility index (Phi) is 3.88. The van der Waals surface area contributed by atoms with Crippen molar-refractivity contribution in [2.75, 3.05) is 0 Å². The molecule has 0 spiro atoms. The fourth-order valence-corrected chi connectivity index (χ4v) is 3.90. The van der Waals surface area contributed by atoms with Gasteiger partial charge in [-0.15, -0.1) is 0 Å². The van der Waals surface area contributed by atoms with E-state index >= 15 is 0 Å². The lowest BCUT2D eigenvalue weighted by atomic mass is 9.71. The maximum Gasteiger partial charge on any atom is 0.205 e. The summed E-state index contributed by atoms with van der Waals surface area (Å²) in [4.78, 5) is 13.0. The number of carbonyl (C=O) groups is 1. The van der Waals surface area contributed by atoms with Crippen LogP contribution in [0.2, 0.25) is 0 Å². The number of rotatable bonds is 2. The molecule has 0 amide bonds. The Balaban J connectivity index is 1.91. The maximum absolute atomic E-state index is 13.0. The predicted molar refractivity (Wildman–Crippen MR) is 99.3 cm³/mol. The van der Waals surface area contributed by atoms with Gasteiger partial charge in [-0.2, -0.15) is 10.4 Å². The van der Waals surface area contributed by atoms with E-state index in [-0.39, 0.29) is 22.7 Å². The van der Waals surface area contributed by atoms with Gasteiger partial charge in [-0.05, 0) is 23.6 Å². The SMILES string of the molecule is CC1(C)CC(=O)C2=C(C1)OC(N)=C(C#N)[C@H]2c1ccnn1-c1ccccc1. The normalized spacial score (nSPS) is 21.5. The molecule has 136 valence electrons. The number of hydrogen-bond acceptors (Lipinski definition) is 5. The highest BCUT2D eigenvalue weighted by Crippen LogP contribution is 2.47.